The van der Waals surface area contributed by atoms with E-state index in [1.807, 2.05) is 114 Å². The van der Waals surface area contributed by atoms with E-state index in [1.165, 1.54) is 89.1 Å². The van der Waals surface area contributed by atoms with Crippen LogP contribution in [0.5, 0.6) is 0 Å². The Balaban J connectivity index is 0.000000111. The molecule has 8 nitrogen and oxygen atoms in total. The van der Waals surface area contributed by atoms with Crippen LogP contribution in [-0.4, -0.2) is 29.5 Å². The number of allylic oxidation sites excluding steroid dienone is 2. The van der Waals surface area contributed by atoms with Gasteiger partial charge in [-0.3, -0.25) is 9.55 Å². The highest BCUT2D eigenvalue weighted by atomic mass is 35.5. The highest BCUT2D eigenvalue weighted by Crippen LogP contribution is 2.50. The summed E-state index contributed by atoms with van der Waals surface area (Å²) in [6.45, 7) is 0. The van der Waals surface area contributed by atoms with Crippen LogP contribution < -0.4 is 0 Å². The van der Waals surface area contributed by atoms with Crippen LogP contribution in [0, 0.1) is 6.08 Å². The van der Waals surface area contributed by atoms with Gasteiger partial charge < -0.3 is 8.83 Å². The van der Waals surface area contributed by atoms with E-state index in [4.69, 9.17) is 30.4 Å². The summed E-state index contributed by atoms with van der Waals surface area (Å²) in [5.41, 5.74) is 18.3. The quantitative estimate of drug-likeness (QED) is 0.136. The Morgan fingerprint density at radius 3 is 1.44 bits per heavy atom. The Morgan fingerprint density at radius 1 is 0.384 bits per heavy atom. The molecule has 0 aliphatic heterocycles. The molecule has 99 heavy (non-hydrogen) atoms. The number of aromatic amines is 1. The molecule has 0 spiro atoms. The molecule has 0 saturated heterocycles. The minimum Gasteiger partial charge on any atom is -0.452 e. The van der Waals surface area contributed by atoms with E-state index in [1.54, 1.807) is 0 Å². The monoisotopic (exact) mass is 1320 g/mol. The maximum absolute atomic E-state index is 6.57. The Hall–Kier alpha value is -12.4. The molecule has 0 amide bonds. The molecule has 1 N–H and O–H groups in total. The second-order valence-electron chi connectivity index (χ2n) is 24.8. The fraction of sp³-hybridized carbons (Fsp3) is 0. The summed E-state index contributed by atoms with van der Waals surface area (Å²) in [4.78, 5) is 23.3. The maximum atomic E-state index is 6.57. The average Bonchev–Trinajstić information content (AvgIpc) is 1.56. The fourth-order valence-corrected chi connectivity index (χ4v) is 17.5. The van der Waals surface area contributed by atoms with Crippen molar-refractivity contribution in [3.63, 3.8) is 0 Å². The topological polar surface area (TPSA) is 98.6 Å². The second kappa shape index (κ2) is 22.9. The third kappa shape index (κ3) is 9.16. The molecule has 0 saturated carbocycles. The van der Waals surface area contributed by atoms with Gasteiger partial charge in [0, 0.05) is 75.1 Å². The first-order valence-corrected chi connectivity index (χ1v) is 34.8. The van der Waals surface area contributed by atoms with Crippen LogP contribution in [-0.2, 0) is 0 Å². The van der Waals surface area contributed by atoms with E-state index >= 15 is 0 Å². The number of hydrogen-bond donors (Lipinski definition) is 1. The molecule has 0 atom stereocenters. The van der Waals surface area contributed by atoms with Gasteiger partial charge in [0.05, 0.1) is 32.0 Å². The molecule has 21 aromatic rings. The lowest BCUT2D eigenvalue weighted by molar-refractivity contribution is 0.666. The largest absolute Gasteiger partial charge is 0.452 e. The summed E-state index contributed by atoms with van der Waals surface area (Å²) < 4.78 is 20.1. The highest BCUT2D eigenvalue weighted by Gasteiger charge is 2.27. The van der Waals surface area contributed by atoms with Gasteiger partial charge in [-0.25, -0.2) is 19.9 Å². The first-order valence-electron chi connectivity index (χ1n) is 32.8. The van der Waals surface area contributed by atoms with Crippen molar-refractivity contribution in [3.05, 3.63) is 308 Å². The summed E-state index contributed by atoms with van der Waals surface area (Å²) in [6, 6.07) is 97.1. The number of rotatable bonds is 5. The molecule has 462 valence electrons. The van der Waals surface area contributed by atoms with Crippen LogP contribution in [0.25, 0.3) is 202 Å². The number of H-pyrrole nitrogens is 1. The number of nitrogens with zero attached hydrogens (tertiary/aromatic N) is 5. The molecule has 0 bridgehead atoms. The second-order valence-corrected chi connectivity index (χ2v) is 27.2. The Bertz CT molecular complexity index is 6950. The normalized spacial score (nSPS) is 12.1. The van der Waals surface area contributed by atoms with Crippen molar-refractivity contribution in [2.75, 3.05) is 0 Å². The summed E-state index contributed by atoms with van der Waals surface area (Å²) in [5, 5.41) is 16.3. The van der Waals surface area contributed by atoms with Crippen LogP contribution in [0.2, 0.25) is 5.28 Å². The van der Waals surface area contributed by atoms with Crippen molar-refractivity contribution in [3.8, 4) is 50.7 Å². The number of nitrogens with one attached hydrogen (secondary N) is 1. The van der Waals surface area contributed by atoms with E-state index < -0.39 is 0 Å². The van der Waals surface area contributed by atoms with E-state index in [9.17, 15) is 0 Å². The van der Waals surface area contributed by atoms with Crippen LogP contribution >= 0.6 is 34.3 Å². The van der Waals surface area contributed by atoms with E-state index in [0.29, 0.717) is 22.8 Å². The van der Waals surface area contributed by atoms with Crippen LogP contribution in [0.15, 0.2) is 294 Å². The van der Waals surface area contributed by atoms with Gasteiger partial charge in [0.2, 0.25) is 11.2 Å². The standard InChI is InChI=1S/C44H25N3OS.C22H13ClN2O.C22H12NS/c1-2-13-26(14-3-1)27-15-12-16-28(25-27)39-42-40(32-20-7-10-23-35(32)48-42)46-44(45-39)47-34-22-9-6-19-31(34)37-29-17-4-5-18-30(29)38-33-21-8-11-24-36(33)49-43(38)41(37)47;23-22-24-19(21-20(25-22)17-11-4-5-12-18(17)26-21)16-10-6-9-15(13-16)14-7-2-1-3-8-14;1-2-8-14-13(7-1)19-15-9-3-5-11-17(15)23-21(19)22-20(14)16-10-4-6-12-18(16)24-22/h1-25H;1-13H;1-4,6-12,23H/q;;+1. The van der Waals surface area contributed by atoms with Crippen molar-refractivity contribution in [1.82, 2.24) is 29.5 Å². The molecule has 1 aliphatic carbocycles. The lowest BCUT2D eigenvalue weighted by atomic mass is 9.97. The summed E-state index contributed by atoms with van der Waals surface area (Å²) in [5.74, 6) is 0.624. The number of thiophene rings is 2. The van der Waals surface area contributed by atoms with Gasteiger partial charge in [-0.15, -0.1) is 22.7 Å². The molecule has 8 aromatic heterocycles. The molecule has 13 aromatic carbocycles. The first-order chi connectivity index (χ1) is 49.0. The minimum atomic E-state index is 0.212. The van der Waals surface area contributed by atoms with Gasteiger partial charge in [0.25, 0.3) is 0 Å². The SMILES string of the molecule is Clc1nc(-c2cccc(-c3ccccc3)c2)c2oc3ccccc3c2n1.[C+]1=Cc2[nH]c3c4sc5ccccc5c4c4ccccc4c3c2C=C1.c1ccc(-c2cccc(-c3nc(-n4c5ccccc5c5c6ccccc6c6c7ccccc7sc6c54)nc4c3oc3ccccc34)c2)cc1. The van der Waals surface area contributed by atoms with Crippen molar-refractivity contribution >= 4 is 185 Å². The van der Waals surface area contributed by atoms with Gasteiger partial charge in [-0.2, -0.15) is 0 Å². The number of furan rings is 2. The van der Waals surface area contributed by atoms with E-state index in [0.717, 1.165) is 88.8 Å². The number of benzene rings is 13. The van der Waals surface area contributed by atoms with Crippen molar-refractivity contribution in [2.24, 2.45) is 0 Å². The van der Waals surface area contributed by atoms with Crippen molar-refractivity contribution < 1.29 is 8.83 Å². The Labute approximate surface area is 577 Å². The first kappa shape index (κ1) is 56.9. The zero-order chi connectivity index (χ0) is 65.2. The number of fused-ring (bicyclic) bond motifs is 26. The number of hydrogen-bond acceptors (Lipinski definition) is 8. The van der Waals surface area contributed by atoms with Gasteiger partial charge >= 0.3 is 0 Å². The van der Waals surface area contributed by atoms with Crippen LogP contribution in [0.4, 0.5) is 0 Å². The van der Waals surface area contributed by atoms with Crippen molar-refractivity contribution in [1.29, 1.82) is 0 Å². The van der Waals surface area contributed by atoms with Crippen LogP contribution in [0.1, 0.15) is 11.3 Å². The number of aromatic nitrogens is 6. The highest BCUT2D eigenvalue weighted by molar-refractivity contribution is 7.27. The summed E-state index contributed by atoms with van der Waals surface area (Å²) >= 11 is 9.95. The lowest BCUT2D eigenvalue weighted by Gasteiger charge is -2.11. The van der Waals surface area contributed by atoms with Crippen LogP contribution in [0.3, 0.4) is 0 Å². The Kier molecular flexibility index (Phi) is 13.2. The number of para-hydroxylation sites is 3. The molecule has 1 aliphatic rings. The third-order valence-electron chi connectivity index (χ3n) is 19.2. The Morgan fingerprint density at radius 2 is 0.838 bits per heavy atom. The minimum absolute atomic E-state index is 0.212. The summed E-state index contributed by atoms with van der Waals surface area (Å²) in [7, 11) is 0. The smallest absolute Gasteiger partial charge is 0.236 e. The maximum Gasteiger partial charge on any atom is 0.236 e. The molecular formula is C88H50ClN6O2S2+. The van der Waals surface area contributed by atoms with Gasteiger partial charge in [-0.1, -0.05) is 224 Å². The molecule has 8 heterocycles. The van der Waals surface area contributed by atoms with E-state index in [-0.39, 0.29) is 5.28 Å². The van der Waals surface area contributed by atoms with Gasteiger partial charge in [0.15, 0.2) is 16.9 Å². The number of halogens is 1. The van der Waals surface area contributed by atoms with E-state index in [2.05, 4.69) is 232 Å². The molecule has 22 rings (SSSR count). The van der Waals surface area contributed by atoms with Crippen molar-refractivity contribution in [2.45, 2.75) is 0 Å². The molecular weight excluding hydrogens is 1270 g/mol. The summed E-state index contributed by atoms with van der Waals surface area (Å²) in [6.07, 6.45) is 9.40. The van der Waals surface area contributed by atoms with Gasteiger partial charge in [0.1, 0.15) is 51.3 Å². The van der Waals surface area contributed by atoms with Gasteiger partial charge in [-0.05, 0) is 110 Å². The molecule has 0 fully saturated rings. The predicted molar refractivity (Wildman–Crippen MR) is 416 cm³/mol. The fourth-order valence-electron chi connectivity index (χ4n) is 14.9. The predicted octanol–water partition coefficient (Wildman–Crippen LogP) is 25.2. The third-order valence-corrected chi connectivity index (χ3v) is 21.7. The zero-order valence-corrected chi connectivity index (χ0v) is 54.9. The molecule has 0 radical (unpaired) electrons. The molecule has 11 heteroatoms. The lowest BCUT2D eigenvalue weighted by Crippen LogP contribution is -2.03. The average molecular weight is 1320 g/mol. The zero-order valence-electron chi connectivity index (χ0n) is 52.5. The molecule has 0 unspecified atom stereocenters.